The second-order valence-corrected chi connectivity index (χ2v) is 12.4. The van der Waals surface area contributed by atoms with Crippen LogP contribution in [0.15, 0.2) is 30.4 Å². The van der Waals surface area contributed by atoms with E-state index in [1.54, 1.807) is 12.2 Å². The topological polar surface area (TPSA) is 74.7 Å². The number of allylic oxidation sites excluding steroid dienone is 2. The van der Waals surface area contributed by atoms with Gasteiger partial charge >= 0.3 is 5.97 Å². The number of hydrogen-bond donors (Lipinski definition) is 0. The van der Waals surface area contributed by atoms with Gasteiger partial charge in [-0.3, -0.25) is 4.79 Å². The first-order valence-electron chi connectivity index (χ1n) is 15.3. The molecule has 0 unspecified atom stereocenters. The number of halogens is 3. The highest BCUT2D eigenvalue weighted by Crippen LogP contribution is 2.48. The number of hydrogen-bond acceptors (Lipinski definition) is 6. The van der Waals surface area contributed by atoms with Gasteiger partial charge in [0, 0.05) is 19.3 Å². The van der Waals surface area contributed by atoms with Gasteiger partial charge < -0.3 is 14.2 Å². The van der Waals surface area contributed by atoms with Gasteiger partial charge in [0.15, 0.2) is 22.5 Å². The lowest BCUT2D eigenvalue weighted by Gasteiger charge is -2.43. The Bertz CT molecular complexity index is 1110. The Hall–Kier alpha value is -1.80. The third-order valence-electron chi connectivity index (χ3n) is 8.29. The van der Waals surface area contributed by atoms with Crippen LogP contribution in [0.2, 0.25) is 10.3 Å². The van der Waals surface area contributed by atoms with Crippen LogP contribution in [0.5, 0.6) is 0 Å². The molecule has 41 heavy (non-hydrogen) atoms. The zero-order valence-corrected chi connectivity index (χ0v) is 25.5. The molecule has 1 aromatic heterocycles. The maximum Gasteiger partial charge on any atom is 0.341 e. The van der Waals surface area contributed by atoms with Crippen LogP contribution in [-0.4, -0.2) is 40.3 Å². The van der Waals surface area contributed by atoms with Crippen molar-refractivity contribution in [2.24, 2.45) is 0 Å². The Balaban J connectivity index is 1.33. The van der Waals surface area contributed by atoms with Crippen LogP contribution in [0.25, 0.3) is 0 Å². The van der Waals surface area contributed by atoms with Gasteiger partial charge in [0.2, 0.25) is 0 Å². The van der Waals surface area contributed by atoms with Gasteiger partial charge in [-0.05, 0) is 43.2 Å². The number of ether oxygens (including phenoxy) is 3. The van der Waals surface area contributed by atoms with E-state index < -0.39 is 34.4 Å². The van der Waals surface area contributed by atoms with E-state index in [1.807, 2.05) is 0 Å². The highest BCUT2D eigenvalue weighted by atomic mass is 35.5. The first kappa shape index (κ1) is 32.1. The van der Waals surface area contributed by atoms with Gasteiger partial charge in [0.05, 0.1) is 11.7 Å². The zero-order chi connectivity index (χ0) is 29.3. The van der Waals surface area contributed by atoms with Crippen molar-refractivity contribution in [2.45, 2.75) is 133 Å². The van der Waals surface area contributed by atoms with E-state index in [0.29, 0.717) is 25.7 Å². The van der Waals surface area contributed by atoms with Crippen LogP contribution in [0.4, 0.5) is 4.39 Å². The third-order valence-corrected chi connectivity index (χ3v) is 8.84. The van der Waals surface area contributed by atoms with E-state index in [4.69, 9.17) is 37.4 Å². The molecule has 2 fully saturated rings. The highest BCUT2D eigenvalue weighted by molar-refractivity contribution is 6.34. The van der Waals surface area contributed by atoms with E-state index in [-0.39, 0.29) is 22.6 Å². The number of aromatic nitrogens is 1. The number of nitrogens with zero attached hydrogens (tertiary/aromatic N) is 1. The number of pyridine rings is 1. The molecule has 0 bridgehead atoms. The minimum absolute atomic E-state index is 0.0772. The summed E-state index contributed by atoms with van der Waals surface area (Å²) in [5.74, 6) is -2.63. The van der Waals surface area contributed by atoms with Crippen LogP contribution in [0, 0.1) is 5.82 Å². The molecule has 4 rings (SSSR count). The van der Waals surface area contributed by atoms with Crippen LogP contribution in [0.3, 0.4) is 0 Å². The summed E-state index contributed by atoms with van der Waals surface area (Å²) in [7, 11) is 0. The molecular formula is C32H42Cl2FNO5. The predicted octanol–water partition coefficient (Wildman–Crippen LogP) is 8.87. The molecule has 3 heterocycles. The Morgan fingerprint density at radius 3 is 2.29 bits per heavy atom. The molecule has 0 amide bonds. The van der Waals surface area contributed by atoms with Crippen molar-refractivity contribution < 1.29 is 28.2 Å². The van der Waals surface area contributed by atoms with Crippen LogP contribution in [-0.2, 0) is 19.0 Å². The maximum absolute atomic E-state index is 14.0. The molecule has 1 aromatic rings. The summed E-state index contributed by atoms with van der Waals surface area (Å²) in [6.07, 6.45) is 22.7. The third kappa shape index (κ3) is 9.09. The average Bonchev–Trinajstić information content (AvgIpc) is 3.27. The van der Waals surface area contributed by atoms with Gasteiger partial charge in [-0.25, -0.2) is 14.2 Å². The molecule has 0 radical (unpaired) electrons. The summed E-state index contributed by atoms with van der Waals surface area (Å²) in [6.45, 7) is 2.24. The molecule has 3 atom stereocenters. The van der Waals surface area contributed by atoms with Gasteiger partial charge in [-0.1, -0.05) is 101 Å². The average molecular weight is 611 g/mol. The van der Waals surface area contributed by atoms with Crippen LogP contribution >= 0.6 is 23.2 Å². The predicted molar refractivity (Wildman–Crippen MR) is 158 cm³/mol. The van der Waals surface area contributed by atoms with Crippen molar-refractivity contribution >= 4 is 35.0 Å². The molecule has 1 aliphatic carbocycles. The summed E-state index contributed by atoms with van der Waals surface area (Å²) < 4.78 is 33.0. The monoisotopic (exact) mass is 609 g/mol. The van der Waals surface area contributed by atoms with E-state index in [0.717, 1.165) is 25.3 Å². The minimum Gasteiger partial charge on any atom is -0.458 e. The summed E-state index contributed by atoms with van der Waals surface area (Å²) in [5.41, 5.74) is -0.885. The molecular weight excluding hydrogens is 568 g/mol. The molecule has 9 heteroatoms. The van der Waals surface area contributed by atoms with Gasteiger partial charge in [0.25, 0.3) is 0 Å². The van der Waals surface area contributed by atoms with Gasteiger partial charge in [0.1, 0.15) is 16.9 Å². The molecule has 226 valence electrons. The number of carbonyl (C=O) groups excluding carboxylic acids is 2. The van der Waals surface area contributed by atoms with E-state index in [2.05, 4.69) is 11.9 Å². The first-order chi connectivity index (χ1) is 19.7. The molecule has 3 aliphatic rings. The number of rotatable bonds is 14. The Morgan fingerprint density at radius 1 is 1.00 bits per heavy atom. The maximum atomic E-state index is 14.0. The van der Waals surface area contributed by atoms with E-state index in [1.165, 1.54) is 69.9 Å². The highest BCUT2D eigenvalue weighted by Gasteiger charge is 2.53. The van der Waals surface area contributed by atoms with Crippen LogP contribution in [0.1, 0.15) is 120 Å². The van der Waals surface area contributed by atoms with Gasteiger partial charge in [-0.2, -0.15) is 0 Å². The van der Waals surface area contributed by atoms with E-state index >= 15 is 0 Å². The van der Waals surface area contributed by atoms with Crippen molar-refractivity contribution in [3.05, 3.63) is 52.1 Å². The number of esters is 1. The minimum atomic E-state index is -0.950. The summed E-state index contributed by atoms with van der Waals surface area (Å²) in [6, 6.07) is 0.952. The SMILES string of the molecule is CCCCCCCCCCCCC[C@@H]1C[C@@H](OC(=O)c2cc(F)c(Cl)nc2Cl)C[C@]2(CCC3(C=CC(=O)C=C3)O2)O1. The van der Waals surface area contributed by atoms with E-state index in [9.17, 15) is 14.0 Å². The molecule has 0 saturated carbocycles. The molecule has 6 nitrogen and oxygen atoms in total. The summed E-state index contributed by atoms with van der Waals surface area (Å²) in [4.78, 5) is 28.4. The molecule has 2 aliphatic heterocycles. The first-order valence-corrected chi connectivity index (χ1v) is 16.0. The summed E-state index contributed by atoms with van der Waals surface area (Å²) in [5, 5.41) is -0.612. The second kappa shape index (κ2) is 15.1. The standard InChI is InChI=1S/C32H42Cl2FNO5/c1-2-3-4-5-6-7-8-9-10-11-12-13-24-20-25(39-30(38)26-21-27(35)29(34)36-28(26)33)22-32(40-24)19-18-31(41-32)16-14-23(37)15-17-31/h14-17,21,24-25H,2-13,18-20,22H2,1H3/t24-,25-,32-/m1/s1. The lowest BCUT2D eigenvalue weighted by atomic mass is 9.91. The number of unbranched alkanes of at least 4 members (excludes halogenated alkanes) is 10. The molecule has 0 aromatic carbocycles. The largest absolute Gasteiger partial charge is 0.458 e. The smallest absolute Gasteiger partial charge is 0.341 e. The molecule has 0 N–H and O–H groups in total. The lowest BCUT2D eigenvalue weighted by Crippen LogP contribution is -2.48. The fourth-order valence-corrected chi connectivity index (χ4v) is 6.48. The van der Waals surface area contributed by atoms with Crippen LogP contribution < -0.4 is 0 Å². The lowest BCUT2D eigenvalue weighted by molar-refractivity contribution is -0.291. The Labute approximate surface area is 253 Å². The van der Waals surface area contributed by atoms with Crippen molar-refractivity contribution in [1.82, 2.24) is 4.98 Å². The van der Waals surface area contributed by atoms with Crippen molar-refractivity contribution in [2.75, 3.05) is 0 Å². The van der Waals surface area contributed by atoms with Crippen molar-refractivity contribution in [1.29, 1.82) is 0 Å². The molecule has 2 spiro atoms. The normalized spacial score (nSPS) is 24.9. The fourth-order valence-electron chi connectivity index (χ4n) is 6.08. The number of ketones is 1. The quantitative estimate of drug-likeness (QED) is 0.119. The fraction of sp³-hybridized carbons (Fsp3) is 0.656. The number of carbonyl (C=O) groups is 2. The zero-order valence-electron chi connectivity index (χ0n) is 24.0. The second-order valence-electron chi connectivity index (χ2n) is 11.7. The summed E-state index contributed by atoms with van der Waals surface area (Å²) >= 11 is 11.8. The van der Waals surface area contributed by atoms with Crippen molar-refractivity contribution in [3.8, 4) is 0 Å². The van der Waals surface area contributed by atoms with Crippen molar-refractivity contribution in [3.63, 3.8) is 0 Å². The van der Waals surface area contributed by atoms with Gasteiger partial charge in [-0.15, -0.1) is 0 Å². The Kier molecular flexibility index (Phi) is 11.8. The molecule has 2 saturated heterocycles. The Morgan fingerprint density at radius 2 is 1.63 bits per heavy atom.